The van der Waals surface area contributed by atoms with Crippen molar-refractivity contribution in [3.05, 3.63) is 0 Å². The molecule has 120 valence electrons. The second kappa shape index (κ2) is 8.36. The van der Waals surface area contributed by atoms with Gasteiger partial charge in [0.15, 0.2) is 0 Å². The van der Waals surface area contributed by atoms with Crippen LogP contribution < -0.4 is 0 Å². The van der Waals surface area contributed by atoms with E-state index in [-0.39, 0.29) is 0 Å². The molecule has 0 saturated carbocycles. The van der Waals surface area contributed by atoms with Gasteiger partial charge in [-0.1, -0.05) is 0 Å². The molecule has 0 N–H and O–H groups in total. The quantitative estimate of drug-likeness (QED) is 0.362. The van der Waals surface area contributed by atoms with Gasteiger partial charge in [-0.3, -0.25) is 0 Å². The zero-order valence-electron chi connectivity index (χ0n) is 11.7. The summed E-state index contributed by atoms with van der Waals surface area (Å²) in [5, 5.41) is 0. The Balaban J connectivity index is 1.45. The van der Waals surface area contributed by atoms with E-state index in [0.717, 1.165) is 18.3 Å². The summed E-state index contributed by atoms with van der Waals surface area (Å²) in [4.78, 5) is 0. The molecule has 4 aliphatic heterocycles. The normalized spacial score (nSPS) is 41.1. The molecule has 4 unspecified atom stereocenters. The van der Waals surface area contributed by atoms with E-state index in [1.54, 1.807) is 0 Å². The van der Waals surface area contributed by atoms with Gasteiger partial charge in [-0.2, -0.15) is 0 Å². The molecule has 0 aliphatic carbocycles. The van der Waals surface area contributed by atoms with E-state index in [9.17, 15) is 0 Å². The molecule has 4 atom stereocenters. The fourth-order valence-electron chi connectivity index (χ4n) is 2.04. The monoisotopic (exact) mass is 494 g/mol. The first-order chi connectivity index (χ1) is 10.3. The van der Waals surface area contributed by atoms with E-state index < -0.39 is 8.70 Å². The van der Waals surface area contributed by atoms with Gasteiger partial charge in [0, 0.05) is 0 Å². The van der Waals surface area contributed by atoms with Crippen LogP contribution >= 0.6 is 87.4 Å². The van der Waals surface area contributed by atoms with E-state index in [2.05, 4.69) is 87.4 Å². The molecule has 4 fully saturated rings. The summed E-state index contributed by atoms with van der Waals surface area (Å²) in [5.74, 6) is 5.68. The topological polar surface area (TPSA) is 0 Å². The van der Waals surface area contributed by atoms with Crippen molar-refractivity contribution in [1.82, 2.24) is 0 Å². The molecule has 0 aromatic rings. The first kappa shape index (κ1) is 17.7. The molecule has 0 aromatic heterocycles. The van der Waals surface area contributed by atoms with Crippen molar-refractivity contribution in [3.63, 3.8) is 0 Å². The fraction of sp³-hybridized carbons (Fsp3) is 1.00. The predicted molar refractivity (Wildman–Crippen MR) is 120 cm³/mol. The Labute approximate surface area is 161 Å². The molecule has 21 heavy (non-hydrogen) atoms. The van der Waals surface area contributed by atoms with Crippen molar-refractivity contribution in [3.8, 4) is 0 Å². The summed E-state index contributed by atoms with van der Waals surface area (Å²) >= 11 is 8.96. The molecule has 9 heteroatoms. The molecule has 0 bridgehead atoms. The summed E-state index contributed by atoms with van der Waals surface area (Å²) < 4.78 is 3.82. The minimum absolute atomic E-state index is 0.956. The zero-order valence-corrected chi connectivity index (χ0v) is 20.4. The molecule has 4 heterocycles. The Bertz CT molecular complexity index is 284. The van der Waals surface area contributed by atoms with Gasteiger partial charge in [-0.15, -0.1) is 0 Å². The second-order valence-electron chi connectivity index (χ2n) is 5.33. The first-order valence-electron chi connectivity index (χ1n) is 7.49. The minimum atomic E-state index is -1.95. The van der Waals surface area contributed by atoms with E-state index in [0.29, 0.717) is 0 Å². The third-order valence-electron chi connectivity index (χ3n) is 3.73. The van der Waals surface area contributed by atoms with Crippen LogP contribution in [0.4, 0.5) is 0 Å². The van der Waals surface area contributed by atoms with Gasteiger partial charge in [0.1, 0.15) is 0 Å². The van der Waals surface area contributed by atoms with Gasteiger partial charge in [0.2, 0.25) is 0 Å². The van der Waals surface area contributed by atoms with Crippen LogP contribution in [0.25, 0.3) is 0 Å². The third kappa shape index (κ3) is 4.74. The molecule has 0 spiro atoms. The maximum absolute atomic E-state index is 2.51. The Morgan fingerprint density at radius 1 is 0.524 bits per heavy atom. The summed E-state index contributed by atoms with van der Waals surface area (Å²) in [6, 6.07) is 0. The number of hydrogen-bond acceptors (Lipinski definition) is 8. The van der Waals surface area contributed by atoms with Crippen LogP contribution in [0.2, 0.25) is 0 Å². The standard InChI is InChI=1S/C12H20GeS8/c1-5-14-9(1)18-13(19-10-2-6-15-10,20-11-3-7-16-11)21-12-4-8-17-12/h9-12H,1-8H2. The summed E-state index contributed by atoms with van der Waals surface area (Å²) in [6.45, 7) is 0. The van der Waals surface area contributed by atoms with Crippen LogP contribution in [-0.4, -0.2) is 50.0 Å². The SMILES string of the molecule is C1CC([S][Ge]([S]C2CCS2)([S]C2CCS2)[S]C2CCS2)S1. The average Bonchev–Trinajstić information content (AvgIpc) is 2.28. The van der Waals surface area contributed by atoms with Crippen LogP contribution in [-0.2, 0) is 0 Å². The van der Waals surface area contributed by atoms with Crippen molar-refractivity contribution in [2.24, 2.45) is 0 Å². The van der Waals surface area contributed by atoms with Crippen LogP contribution in [0.5, 0.6) is 0 Å². The van der Waals surface area contributed by atoms with E-state index in [1.807, 2.05) is 0 Å². The molecule has 0 radical (unpaired) electrons. The van der Waals surface area contributed by atoms with E-state index >= 15 is 0 Å². The van der Waals surface area contributed by atoms with E-state index in [1.165, 1.54) is 48.7 Å². The van der Waals surface area contributed by atoms with Gasteiger partial charge < -0.3 is 0 Å². The first-order valence-corrected chi connectivity index (χ1v) is 25.5. The Morgan fingerprint density at radius 2 is 0.762 bits per heavy atom. The molecule has 4 aliphatic rings. The number of rotatable bonds is 8. The molecule has 4 rings (SSSR count). The Kier molecular flexibility index (Phi) is 7.06. The molecule has 0 nitrogen and oxygen atoms in total. The number of thioether (sulfide) groups is 4. The molecular weight excluding hydrogens is 473 g/mol. The number of hydrogen-bond donors (Lipinski definition) is 0. The fourth-order valence-corrected chi connectivity index (χ4v) is 74.9. The Morgan fingerprint density at radius 3 is 0.905 bits per heavy atom. The Hall–Kier alpha value is 3.34. The van der Waals surface area contributed by atoms with Gasteiger partial charge in [-0.25, -0.2) is 0 Å². The van der Waals surface area contributed by atoms with Crippen LogP contribution in [0.15, 0.2) is 0 Å². The van der Waals surface area contributed by atoms with Crippen molar-refractivity contribution in [2.75, 3.05) is 23.0 Å². The van der Waals surface area contributed by atoms with Gasteiger partial charge in [0.25, 0.3) is 0 Å². The molecule has 0 aromatic carbocycles. The summed E-state index contributed by atoms with van der Waals surface area (Å²) in [6.07, 6.45) is 5.93. The maximum atomic E-state index is 2.51. The molecule has 0 amide bonds. The average molecular weight is 493 g/mol. The summed E-state index contributed by atoms with van der Waals surface area (Å²) in [7, 11) is 8.10. The summed E-state index contributed by atoms with van der Waals surface area (Å²) in [5.41, 5.74) is 0. The second-order valence-corrected chi connectivity index (χ2v) is 43.8. The predicted octanol–water partition coefficient (Wildman–Crippen LogP) is 6.21. The van der Waals surface area contributed by atoms with Gasteiger partial charge >= 0.3 is 163 Å². The van der Waals surface area contributed by atoms with Crippen LogP contribution in [0.1, 0.15) is 25.7 Å². The van der Waals surface area contributed by atoms with Crippen molar-refractivity contribution in [1.29, 1.82) is 0 Å². The third-order valence-corrected chi connectivity index (χ3v) is 50.7. The van der Waals surface area contributed by atoms with Gasteiger partial charge in [-0.05, 0) is 0 Å². The van der Waals surface area contributed by atoms with Crippen LogP contribution in [0.3, 0.4) is 0 Å². The van der Waals surface area contributed by atoms with Crippen molar-refractivity contribution >= 4 is 96.1 Å². The molecule has 4 saturated heterocycles. The van der Waals surface area contributed by atoms with E-state index in [4.69, 9.17) is 0 Å². The molecular formula is C12H20GeS8. The van der Waals surface area contributed by atoms with Crippen LogP contribution in [0, 0.1) is 0 Å². The van der Waals surface area contributed by atoms with Gasteiger partial charge in [0.05, 0.1) is 0 Å². The zero-order chi connectivity index (χ0) is 14.1. The van der Waals surface area contributed by atoms with Crippen molar-refractivity contribution < 1.29 is 0 Å². The van der Waals surface area contributed by atoms with Crippen molar-refractivity contribution in [2.45, 2.75) is 44.0 Å².